The minimum Gasteiger partial charge on any atom is -0.338 e. The number of nitrogens with zero attached hydrogens (tertiary/aromatic N) is 3. The van der Waals surface area contributed by atoms with Gasteiger partial charge in [-0.15, -0.1) is 0 Å². The second-order valence-corrected chi connectivity index (χ2v) is 9.54. The molecule has 0 aliphatic carbocycles. The van der Waals surface area contributed by atoms with Crippen molar-refractivity contribution < 1.29 is 13.2 Å². The summed E-state index contributed by atoms with van der Waals surface area (Å²) in [6, 6.07) is 0.0631. The number of hydrogen-bond donors (Lipinski definition) is 0. The Balaban J connectivity index is 1.70. The topological polar surface area (TPSA) is 60.9 Å². The molecule has 3 aliphatic heterocycles. The monoisotopic (exact) mass is 343 g/mol. The summed E-state index contributed by atoms with van der Waals surface area (Å²) in [5.41, 5.74) is 0. The zero-order valence-electron chi connectivity index (χ0n) is 14.3. The van der Waals surface area contributed by atoms with Gasteiger partial charge >= 0.3 is 0 Å². The molecule has 3 rings (SSSR count). The first-order chi connectivity index (χ1) is 10.9. The molecule has 0 aromatic carbocycles. The molecule has 6 nitrogen and oxygen atoms in total. The Morgan fingerprint density at radius 3 is 2.26 bits per heavy atom. The van der Waals surface area contributed by atoms with Gasteiger partial charge in [0.2, 0.25) is 5.91 Å². The van der Waals surface area contributed by atoms with E-state index in [-0.39, 0.29) is 11.9 Å². The maximum Gasteiger partial charge on any atom is 0.282 e. The fraction of sp³-hybridized carbons (Fsp3) is 0.938. The van der Waals surface area contributed by atoms with E-state index in [2.05, 4.69) is 13.8 Å². The zero-order chi connectivity index (χ0) is 16.6. The normalized spacial score (nSPS) is 35.0. The molecule has 0 unspecified atom stereocenters. The molecule has 0 aromatic rings. The molecule has 0 N–H and O–H groups in total. The lowest BCUT2D eigenvalue weighted by Gasteiger charge is -2.41. The predicted octanol–water partition coefficient (Wildman–Crippen LogP) is 1.30. The summed E-state index contributed by atoms with van der Waals surface area (Å²) in [6.45, 7) is 7.33. The first kappa shape index (κ1) is 17.2. The van der Waals surface area contributed by atoms with Gasteiger partial charge in [-0.25, -0.2) is 0 Å². The summed E-state index contributed by atoms with van der Waals surface area (Å²) in [6.07, 6.45) is 4.38. The summed E-state index contributed by atoms with van der Waals surface area (Å²) in [5.74, 6) is 1.01. The van der Waals surface area contributed by atoms with Crippen molar-refractivity contribution in [3.63, 3.8) is 0 Å². The smallest absolute Gasteiger partial charge is 0.282 e. The van der Waals surface area contributed by atoms with Crippen LogP contribution in [0.15, 0.2) is 0 Å². The van der Waals surface area contributed by atoms with E-state index in [9.17, 15) is 13.2 Å². The van der Waals surface area contributed by atoms with Crippen LogP contribution in [0.1, 0.15) is 46.0 Å². The fourth-order valence-corrected chi connectivity index (χ4v) is 6.33. The molecular formula is C16H29N3O3S. The first-order valence-corrected chi connectivity index (χ1v) is 10.3. The van der Waals surface area contributed by atoms with Crippen LogP contribution in [-0.2, 0) is 15.0 Å². The number of carbonyl (C=O) groups is 1. The third kappa shape index (κ3) is 3.56. The third-order valence-electron chi connectivity index (χ3n) is 5.40. The molecule has 0 radical (unpaired) electrons. The van der Waals surface area contributed by atoms with Gasteiger partial charge in [-0.2, -0.15) is 17.0 Å². The Labute approximate surface area is 140 Å². The van der Waals surface area contributed by atoms with Gasteiger partial charge < -0.3 is 4.90 Å². The molecular weight excluding hydrogens is 314 g/mol. The quantitative estimate of drug-likeness (QED) is 0.776. The lowest BCUT2D eigenvalue weighted by atomic mass is 9.94. The highest BCUT2D eigenvalue weighted by Crippen LogP contribution is 2.28. The molecule has 23 heavy (non-hydrogen) atoms. The van der Waals surface area contributed by atoms with Crippen molar-refractivity contribution >= 4 is 16.1 Å². The van der Waals surface area contributed by atoms with Crippen molar-refractivity contribution in [2.24, 2.45) is 11.8 Å². The van der Waals surface area contributed by atoms with E-state index in [1.807, 2.05) is 4.90 Å². The van der Waals surface area contributed by atoms with Gasteiger partial charge in [0.05, 0.1) is 0 Å². The number of piperidine rings is 2. The number of carbonyl (C=O) groups excluding carboxylic acids is 1. The van der Waals surface area contributed by atoms with E-state index < -0.39 is 10.2 Å². The van der Waals surface area contributed by atoms with Crippen LogP contribution in [0.25, 0.3) is 0 Å². The Kier molecular flexibility index (Phi) is 4.99. The minimum absolute atomic E-state index is 0.0631. The van der Waals surface area contributed by atoms with Crippen LogP contribution in [0.2, 0.25) is 0 Å². The highest BCUT2D eigenvalue weighted by molar-refractivity contribution is 7.86. The highest BCUT2D eigenvalue weighted by Gasteiger charge is 2.39. The number of rotatable bonds is 3. The van der Waals surface area contributed by atoms with Gasteiger partial charge in [0, 0.05) is 45.2 Å². The molecule has 1 amide bonds. The number of amides is 1. The van der Waals surface area contributed by atoms with Crippen LogP contribution in [0.5, 0.6) is 0 Å². The molecule has 0 saturated carbocycles. The SMILES string of the molecule is C[C@@H]1C[C@@H](C)CN(S(=O)(=O)N2CCC[C@@H](N3CCCC3=O)C2)C1. The Hall–Kier alpha value is -0.660. The van der Waals surface area contributed by atoms with Gasteiger partial charge in [0.15, 0.2) is 0 Å². The Morgan fingerprint density at radius 1 is 0.957 bits per heavy atom. The van der Waals surface area contributed by atoms with Crippen LogP contribution < -0.4 is 0 Å². The Bertz CT molecular complexity index is 541. The number of likely N-dealkylation sites (tertiary alicyclic amines) is 1. The van der Waals surface area contributed by atoms with Crippen LogP contribution >= 0.6 is 0 Å². The van der Waals surface area contributed by atoms with Crippen molar-refractivity contribution in [2.45, 2.75) is 52.0 Å². The molecule has 3 heterocycles. The van der Waals surface area contributed by atoms with Crippen molar-refractivity contribution in [2.75, 3.05) is 32.7 Å². The van der Waals surface area contributed by atoms with Gasteiger partial charge in [0.25, 0.3) is 10.2 Å². The average Bonchev–Trinajstić information content (AvgIpc) is 2.92. The van der Waals surface area contributed by atoms with Crippen LogP contribution in [0.3, 0.4) is 0 Å². The second-order valence-electron chi connectivity index (χ2n) is 7.62. The molecule has 3 saturated heterocycles. The van der Waals surface area contributed by atoms with Crippen molar-refractivity contribution in [1.29, 1.82) is 0 Å². The molecule has 3 fully saturated rings. The third-order valence-corrected chi connectivity index (χ3v) is 7.33. The molecule has 3 atom stereocenters. The average molecular weight is 343 g/mol. The predicted molar refractivity (Wildman–Crippen MR) is 89.0 cm³/mol. The van der Waals surface area contributed by atoms with E-state index in [1.165, 1.54) is 0 Å². The van der Waals surface area contributed by atoms with Gasteiger partial charge in [-0.05, 0) is 37.5 Å². The van der Waals surface area contributed by atoms with Gasteiger partial charge in [-0.1, -0.05) is 13.8 Å². The van der Waals surface area contributed by atoms with Crippen molar-refractivity contribution in [1.82, 2.24) is 13.5 Å². The van der Waals surface area contributed by atoms with Crippen molar-refractivity contribution in [3.05, 3.63) is 0 Å². The summed E-state index contributed by atoms with van der Waals surface area (Å²) in [7, 11) is -3.40. The fourth-order valence-electron chi connectivity index (χ4n) is 4.40. The number of hydrogen-bond acceptors (Lipinski definition) is 3. The van der Waals surface area contributed by atoms with E-state index in [0.717, 1.165) is 32.2 Å². The zero-order valence-corrected chi connectivity index (χ0v) is 15.1. The largest absolute Gasteiger partial charge is 0.338 e. The summed E-state index contributed by atoms with van der Waals surface area (Å²) in [5, 5.41) is 0. The summed E-state index contributed by atoms with van der Waals surface area (Å²) < 4.78 is 29.3. The summed E-state index contributed by atoms with van der Waals surface area (Å²) in [4.78, 5) is 13.9. The minimum atomic E-state index is -3.40. The van der Waals surface area contributed by atoms with E-state index in [4.69, 9.17) is 0 Å². The lowest BCUT2D eigenvalue weighted by Crippen LogP contribution is -2.55. The highest BCUT2D eigenvalue weighted by atomic mass is 32.2. The van der Waals surface area contributed by atoms with Crippen molar-refractivity contribution in [3.8, 4) is 0 Å². The molecule has 132 valence electrons. The summed E-state index contributed by atoms with van der Waals surface area (Å²) >= 11 is 0. The van der Waals surface area contributed by atoms with Gasteiger partial charge in [0.1, 0.15) is 0 Å². The molecule has 3 aliphatic rings. The first-order valence-electron chi connectivity index (χ1n) is 8.92. The molecule has 0 bridgehead atoms. The standard InChI is InChI=1S/C16H29N3O3S/c1-13-9-14(2)11-18(10-13)23(21,22)17-7-3-5-15(12-17)19-8-4-6-16(19)20/h13-15H,3-12H2,1-2H3/t13-,14-,15-/m1/s1. The van der Waals surface area contributed by atoms with Crippen LogP contribution in [0, 0.1) is 11.8 Å². The maximum atomic E-state index is 13.0. The lowest BCUT2D eigenvalue weighted by molar-refractivity contribution is -0.130. The van der Waals surface area contributed by atoms with E-state index in [1.54, 1.807) is 8.61 Å². The van der Waals surface area contributed by atoms with E-state index in [0.29, 0.717) is 44.4 Å². The van der Waals surface area contributed by atoms with Crippen LogP contribution in [-0.4, -0.2) is 66.6 Å². The van der Waals surface area contributed by atoms with E-state index >= 15 is 0 Å². The maximum absolute atomic E-state index is 13.0. The van der Waals surface area contributed by atoms with Crippen LogP contribution in [0.4, 0.5) is 0 Å². The molecule has 0 spiro atoms. The van der Waals surface area contributed by atoms with Gasteiger partial charge in [-0.3, -0.25) is 4.79 Å². The second kappa shape index (κ2) is 6.69. The Morgan fingerprint density at radius 2 is 1.65 bits per heavy atom. The molecule has 0 aromatic heterocycles. The molecule has 7 heteroatoms.